The van der Waals surface area contributed by atoms with Crippen molar-refractivity contribution >= 4 is 10.9 Å². The van der Waals surface area contributed by atoms with Crippen LogP contribution in [-0.2, 0) is 12.8 Å². The topological polar surface area (TPSA) is 80.7 Å². The molecule has 5 nitrogen and oxygen atoms in total. The molecule has 2 aromatic heterocycles. The van der Waals surface area contributed by atoms with Crippen LogP contribution in [-0.4, -0.2) is 15.1 Å². The van der Waals surface area contributed by atoms with Crippen LogP contribution in [0.1, 0.15) is 62.3 Å². The maximum Gasteiger partial charge on any atom is 0.243 e. The maximum absolute atomic E-state index is 13.6. The molecule has 0 saturated heterocycles. The average molecular weight is 382 g/mol. The van der Waals surface area contributed by atoms with Crippen LogP contribution in [0.3, 0.4) is 0 Å². The highest BCUT2D eigenvalue weighted by Crippen LogP contribution is 2.43. The summed E-state index contributed by atoms with van der Waals surface area (Å²) in [5.74, 6) is 0.884. The van der Waals surface area contributed by atoms with Crippen LogP contribution in [0.25, 0.3) is 10.9 Å². The monoisotopic (exact) mass is 382 g/mol. The highest BCUT2D eigenvalue weighted by Gasteiger charge is 2.33. The van der Waals surface area contributed by atoms with E-state index in [0.29, 0.717) is 18.1 Å². The van der Waals surface area contributed by atoms with E-state index in [1.54, 1.807) is 6.07 Å². The Kier molecular flexibility index (Phi) is 5.06. The Labute approximate surface area is 164 Å². The number of benzene rings is 1. The van der Waals surface area contributed by atoms with Gasteiger partial charge in [0.25, 0.3) is 0 Å². The summed E-state index contributed by atoms with van der Waals surface area (Å²) in [5.41, 5.74) is 9.65. The Morgan fingerprint density at radius 3 is 3.07 bits per heavy atom. The van der Waals surface area contributed by atoms with E-state index in [1.165, 1.54) is 30.5 Å². The van der Waals surface area contributed by atoms with Gasteiger partial charge in [-0.1, -0.05) is 24.2 Å². The van der Waals surface area contributed by atoms with Crippen LogP contribution >= 0.6 is 0 Å². The third kappa shape index (κ3) is 3.74. The summed E-state index contributed by atoms with van der Waals surface area (Å²) in [6.45, 7) is 6.42. The van der Waals surface area contributed by atoms with Crippen LogP contribution in [0, 0.1) is 11.2 Å². The van der Waals surface area contributed by atoms with Gasteiger partial charge in [-0.25, -0.2) is 4.39 Å². The number of H-pyrrole nitrogens is 1. The zero-order chi connectivity index (χ0) is 19.7. The fraction of sp³-hybridized carbons (Fsp3) is 0.455. The van der Waals surface area contributed by atoms with Gasteiger partial charge in [-0.2, -0.15) is 4.98 Å². The minimum Gasteiger partial charge on any atom is -0.361 e. The van der Waals surface area contributed by atoms with Gasteiger partial charge in [0.2, 0.25) is 5.89 Å². The lowest BCUT2D eigenvalue weighted by atomic mass is 9.68. The molecule has 0 amide bonds. The molecule has 1 fully saturated rings. The second-order valence-electron chi connectivity index (χ2n) is 8.17. The molecule has 4 rings (SSSR count). The van der Waals surface area contributed by atoms with Crippen molar-refractivity contribution in [2.45, 2.75) is 57.9 Å². The average Bonchev–Trinajstić information content (AvgIpc) is 3.29. The van der Waals surface area contributed by atoms with E-state index in [0.717, 1.165) is 42.1 Å². The molecule has 0 spiro atoms. The minimum absolute atomic E-state index is 0.176. The summed E-state index contributed by atoms with van der Waals surface area (Å²) in [7, 11) is 0. The second-order valence-corrected chi connectivity index (χ2v) is 8.17. The van der Waals surface area contributed by atoms with E-state index in [9.17, 15) is 4.39 Å². The molecule has 6 heteroatoms. The Balaban J connectivity index is 1.48. The molecular weight excluding hydrogens is 355 g/mol. The number of rotatable bonds is 6. The zero-order valence-corrected chi connectivity index (χ0v) is 16.3. The highest BCUT2D eigenvalue weighted by atomic mass is 19.1. The first-order chi connectivity index (χ1) is 13.5. The molecule has 28 heavy (non-hydrogen) atoms. The van der Waals surface area contributed by atoms with Crippen LogP contribution in [0.4, 0.5) is 4.39 Å². The normalized spacial score (nSPS) is 21.3. The van der Waals surface area contributed by atoms with Gasteiger partial charge in [-0.15, -0.1) is 0 Å². The van der Waals surface area contributed by atoms with E-state index < -0.39 is 6.04 Å². The number of hydrogen-bond acceptors (Lipinski definition) is 4. The zero-order valence-electron chi connectivity index (χ0n) is 16.3. The fourth-order valence-corrected chi connectivity index (χ4v) is 4.47. The number of aromatic nitrogens is 3. The van der Waals surface area contributed by atoms with E-state index >= 15 is 0 Å². The lowest BCUT2D eigenvalue weighted by molar-refractivity contribution is 0.207. The predicted molar refractivity (Wildman–Crippen MR) is 107 cm³/mol. The summed E-state index contributed by atoms with van der Waals surface area (Å²) in [6, 6.07) is 4.26. The summed E-state index contributed by atoms with van der Waals surface area (Å²) in [4.78, 5) is 7.73. The van der Waals surface area contributed by atoms with Gasteiger partial charge in [-0.05, 0) is 67.7 Å². The first kappa shape index (κ1) is 18.9. The molecule has 1 saturated carbocycles. The van der Waals surface area contributed by atoms with E-state index in [1.807, 2.05) is 6.20 Å². The van der Waals surface area contributed by atoms with Crippen molar-refractivity contribution in [2.24, 2.45) is 11.1 Å². The van der Waals surface area contributed by atoms with Crippen molar-refractivity contribution in [1.82, 2.24) is 15.1 Å². The Hall–Kier alpha value is -2.47. The molecule has 0 radical (unpaired) electrons. The van der Waals surface area contributed by atoms with Crippen molar-refractivity contribution < 1.29 is 8.91 Å². The number of nitrogens with two attached hydrogens (primary N) is 1. The van der Waals surface area contributed by atoms with Crippen molar-refractivity contribution in [1.29, 1.82) is 0 Å². The van der Waals surface area contributed by atoms with Gasteiger partial charge < -0.3 is 15.2 Å². The first-order valence-corrected chi connectivity index (χ1v) is 9.98. The number of fused-ring (bicyclic) bond motifs is 1. The Morgan fingerprint density at radius 1 is 1.43 bits per heavy atom. The van der Waals surface area contributed by atoms with Gasteiger partial charge in [0.15, 0.2) is 5.82 Å². The van der Waals surface area contributed by atoms with Crippen LogP contribution in [0.2, 0.25) is 0 Å². The molecule has 0 bridgehead atoms. The number of allylic oxidation sites excluding steroid dienone is 1. The van der Waals surface area contributed by atoms with E-state index in [-0.39, 0.29) is 11.2 Å². The van der Waals surface area contributed by atoms with Crippen molar-refractivity contribution in [2.75, 3.05) is 0 Å². The number of aromatic amines is 1. The van der Waals surface area contributed by atoms with Crippen LogP contribution in [0.5, 0.6) is 0 Å². The van der Waals surface area contributed by atoms with Gasteiger partial charge in [0.05, 0.1) is 6.04 Å². The van der Waals surface area contributed by atoms with E-state index in [4.69, 9.17) is 10.3 Å². The summed E-state index contributed by atoms with van der Waals surface area (Å²) < 4.78 is 19.1. The number of nitrogens with zero attached hydrogens (tertiary/aromatic N) is 2. The standard InChI is InChI=1S/C22H27FN4O/c1-3-22(8-4-5-14(2)11-22)12-20-26-21(28-27-20)18(24)9-15-13-25-19-7-6-16(23)10-17(15)19/h6-7,10,13,18,25H,2-5,8-9,11-12,24H2,1H3. The number of halogens is 1. The molecular formula is C22H27FN4O. The molecule has 1 aromatic carbocycles. The molecule has 0 aliphatic heterocycles. The summed E-state index contributed by atoms with van der Waals surface area (Å²) in [5, 5.41) is 5.03. The highest BCUT2D eigenvalue weighted by molar-refractivity contribution is 5.83. The molecule has 3 aromatic rings. The third-order valence-electron chi connectivity index (χ3n) is 6.12. The largest absolute Gasteiger partial charge is 0.361 e. The minimum atomic E-state index is -0.428. The molecule has 1 aliphatic rings. The molecule has 2 unspecified atom stereocenters. The quantitative estimate of drug-likeness (QED) is 0.588. The summed E-state index contributed by atoms with van der Waals surface area (Å²) in [6.07, 6.45) is 8.71. The molecule has 1 aliphatic carbocycles. The first-order valence-electron chi connectivity index (χ1n) is 9.98. The fourth-order valence-electron chi connectivity index (χ4n) is 4.47. The lowest BCUT2D eigenvalue weighted by Crippen LogP contribution is -2.27. The Bertz CT molecular complexity index is 992. The molecule has 3 N–H and O–H groups in total. The van der Waals surface area contributed by atoms with Gasteiger partial charge in [-0.3, -0.25) is 0 Å². The number of nitrogens with one attached hydrogen (secondary N) is 1. The Morgan fingerprint density at radius 2 is 2.29 bits per heavy atom. The van der Waals surface area contributed by atoms with Gasteiger partial charge in [0.1, 0.15) is 5.82 Å². The lowest BCUT2D eigenvalue weighted by Gasteiger charge is -2.36. The molecule has 2 heterocycles. The summed E-state index contributed by atoms with van der Waals surface area (Å²) >= 11 is 0. The second kappa shape index (κ2) is 7.51. The predicted octanol–water partition coefficient (Wildman–Crippen LogP) is 5.00. The smallest absolute Gasteiger partial charge is 0.243 e. The van der Waals surface area contributed by atoms with Crippen molar-refractivity contribution in [3.05, 3.63) is 59.6 Å². The van der Waals surface area contributed by atoms with Gasteiger partial charge >= 0.3 is 0 Å². The van der Waals surface area contributed by atoms with Gasteiger partial charge in [0, 0.05) is 23.5 Å². The number of hydrogen-bond donors (Lipinski definition) is 2. The van der Waals surface area contributed by atoms with Crippen LogP contribution < -0.4 is 5.73 Å². The van der Waals surface area contributed by atoms with Crippen LogP contribution in [0.15, 0.2) is 41.1 Å². The SMILES string of the molecule is C=C1CCCC(CC)(Cc2noc(C(N)Cc3c[nH]c4ccc(F)cc34)n2)C1. The van der Waals surface area contributed by atoms with Crippen molar-refractivity contribution in [3.63, 3.8) is 0 Å². The van der Waals surface area contributed by atoms with Crippen molar-refractivity contribution in [3.8, 4) is 0 Å². The van der Waals surface area contributed by atoms with E-state index in [2.05, 4.69) is 28.6 Å². The molecule has 2 atom stereocenters. The maximum atomic E-state index is 13.6. The molecule has 148 valence electrons. The third-order valence-corrected chi connectivity index (χ3v) is 6.12.